The Hall–Kier alpha value is -1.78. The molecule has 1 aromatic heterocycles. The van der Waals surface area contributed by atoms with Crippen LogP contribution in [-0.2, 0) is 12.6 Å². The molecule has 0 saturated carbocycles. The van der Waals surface area contributed by atoms with Gasteiger partial charge in [0.15, 0.2) is 0 Å². The third-order valence-electron chi connectivity index (χ3n) is 3.49. The number of carboxylic acid groups (broad SMARTS) is 1. The summed E-state index contributed by atoms with van der Waals surface area (Å²) >= 11 is 10.1. The van der Waals surface area contributed by atoms with Crippen molar-refractivity contribution >= 4 is 50.9 Å². The molecule has 5 nitrogen and oxygen atoms in total. The summed E-state index contributed by atoms with van der Waals surface area (Å²) in [6.07, 6.45) is -6.11. The Morgan fingerprint density at radius 1 is 1.30 bits per heavy atom. The smallest absolute Gasteiger partial charge is 0.416 e. The van der Waals surface area contributed by atoms with Crippen molar-refractivity contribution in [2.45, 2.75) is 18.6 Å². The number of carbonyl (C=O) groups excluding carboxylic acids is 1. The number of carbonyl (C=O) groups is 2. The molecule has 2 aromatic rings. The van der Waals surface area contributed by atoms with Gasteiger partial charge in [-0.1, -0.05) is 29.8 Å². The first kappa shape index (κ1) is 21.5. The quantitative estimate of drug-likeness (QED) is 0.550. The van der Waals surface area contributed by atoms with Gasteiger partial charge in [0.2, 0.25) is 0 Å². The maximum atomic E-state index is 13.2. The average molecular weight is 486 g/mol. The highest BCUT2D eigenvalue weighted by molar-refractivity contribution is 9.10. The van der Waals surface area contributed by atoms with Crippen molar-refractivity contribution in [1.82, 2.24) is 10.6 Å². The molecule has 0 aliphatic rings. The molecule has 27 heavy (non-hydrogen) atoms. The Bertz CT molecular complexity index is 825. The minimum atomic E-state index is -4.56. The van der Waals surface area contributed by atoms with Crippen molar-refractivity contribution < 1.29 is 27.9 Å². The minimum Gasteiger partial charge on any atom is -0.465 e. The van der Waals surface area contributed by atoms with E-state index in [1.807, 2.05) is 0 Å². The molecule has 1 heterocycles. The van der Waals surface area contributed by atoms with E-state index in [1.54, 1.807) is 0 Å². The van der Waals surface area contributed by atoms with Crippen LogP contribution in [-0.4, -0.2) is 29.7 Å². The number of nitrogens with one attached hydrogen (secondary N) is 2. The molecule has 2 rings (SSSR count). The molecule has 0 spiro atoms. The van der Waals surface area contributed by atoms with Gasteiger partial charge in [-0.15, -0.1) is 11.3 Å². The van der Waals surface area contributed by atoms with Crippen LogP contribution in [0.5, 0.6) is 0 Å². The fourth-order valence-corrected chi connectivity index (χ4v) is 3.95. The summed E-state index contributed by atoms with van der Waals surface area (Å²) in [7, 11) is 0. The molecule has 11 heteroatoms. The number of alkyl halides is 3. The van der Waals surface area contributed by atoms with Crippen LogP contribution in [0.1, 0.15) is 20.8 Å². The molecule has 0 unspecified atom stereocenters. The molecular weight excluding hydrogens is 473 g/mol. The van der Waals surface area contributed by atoms with E-state index in [9.17, 15) is 22.8 Å². The van der Waals surface area contributed by atoms with Crippen LogP contribution in [0.25, 0.3) is 0 Å². The number of thiophene rings is 1. The topological polar surface area (TPSA) is 78.4 Å². The second-order valence-electron chi connectivity index (χ2n) is 5.45. The first-order valence-corrected chi connectivity index (χ1v) is 9.44. The van der Waals surface area contributed by atoms with Gasteiger partial charge in [0.1, 0.15) is 4.34 Å². The highest BCUT2D eigenvalue weighted by Crippen LogP contribution is 2.33. The molecule has 3 N–H and O–H groups in total. The molecule has 0 saturated heterocycles. The summed E-state index contributed by atoms with van der Waals surface area (Å²) in [4.78, 5) is 23.4. The Morgan fingerprint density at radius 2 is 1.96 bits per heavy atom. The van der Waals surface area contributed by atoms with Gasteiger partial charge in [-0.05, 0) is 40.0 Å². The van der Waals surface area contributed by atoms with E-state index in [0.29, 0.717) is 8.81 Å². The zero-order valence-corrected chi connectivity index (χ0v) is 16.6. The fourth-order valence-electron chi connectivity index (χ4n) is 2.34. The van der Waals surface area contributed by atoms with Gasteiger partial charge in [-0.3, -0.25) is 4.79 Å². The number of hydrogen-bond acceptors (Lipinski definition) is 3. The summed E-state index contributed by atoms with van der Waals surface area (Å²) in [5.74, 6) is -0.561. The molecule has 0 bridgehead atoms. The largest absolute Gasteiger partial charge is 0.465 e. The maximum Gasteiger partial charge on any atom is 0.416 e. The second-order valence-corrected chi connectivity index (χ2v) is 7.96. The number of amides is 2. The van der Waals surface area contributed by atoms with Crippen molar-refractivity contribution in [3.05, 3.63) is 55.1 Å². The summed E-state index contributed by atoms with van der Waals surface area (Å²) < 4.78 is 40.4. The normalized spacial score (nSPS) is 12.5. The molecule has 1 aromatic carbocycles. The average Bonchev–Trinajstić information content (AvgIpc) is 2.91. The summed E-state index contributed by atoms with van der Waals surface area (Å²) in [6.45, 7) is -0.256. The molecule has 0 fully saturated rings. The monoisotopic (exact) mass is 484 g/mol. The minimum absolute atomic E-state index is 0.0483. The standard InChI is InChI=1S/C16H13BrClF3N2O3S/c17-11-6-12(27-13(11)18)14(24)23-9(7-22-15(25)26)5-8-3-1-2-4-10(8)16(19,20)21/h1-4,6,9,22H,5,7H2,(H,23,24)(H,25,26)/t9-/m0/s1. The molecule has 0 aliphatic heterocycles. The Kier molecular flexibility index (Phi) is 7.12. The molecule has 1 atom stereocenters. The third kappa shape index (κ3) is 6.12. The zero-order chi connectivity index (χ0) is 20.2. The van der Waals surface area contributed by atoms with E-state index in [2.05, 4.69) is 26.6 Å². The van der Waals surface area contributed by atoms with Crippen molar-refractivity contribution in [1.29, 1.82) is 0 Å². The third-order valence-corrected chi connectivity index (χ3v) is 5.97. The predicted octanol–water partition coefficient (Wildman–Crippen LogP) is 4.79. The number of benzene rings is 1. The van der Waals surface area contributed by atoms with Gasteiger partial charge in [-0.25, -0.2) is 4.79 Å². The molecule has 2 amide bonds. The van der Waals surface area contributed by atoms with Gasteiger partial charge in [-0.2, -0.15) is 13.2 Å². The van der Waals surface area contributed by atoms with Crippen molar-refractivity contribution in [3.8, 4) is 0 Å². The van der Waals surface area contributed by atoms with Gasteiger partial charge in [0.05, 0.1) is 16.5 Å². The van der Waals surface area contributed by atoms with Crippen LogP contribution in [0.3, 0.4) is 0 Å². The maximum absolute atomic E-state index is 13.2. The lowest BCUT2D eigenvalue weighted by Gasteiger charge is -2.21. The molecule has 0 aliphatic carbocycles. The molecular formula is C16H13BrClF3N2O3S. The fraction of sp³-hybridized carbons (Fsp3) is 0.250. The SMILES string of the molecule is O=C(O)NC[C@H](Cc1ccccc1C(F)(F)F)NC(=O)c1cc(Br)c(Cl)s1. The van der Waals surface area contributed by atoms with Crippen LogP contribution in [0.4, 0.5) is 18.0 Å². The van der Waals surface area contributed by atoms with Gasteiger partial charge in [0, 0.05) is 11.0 Å². The Morgan fingerprint density at radius 3 is 2.52 bits per heavy atom. The summed E-state index contributed by atoms with van der Waals surface area (Å²) in [5, 5.41) is 13.4. The lowest BCUT2D eigenvalue weighted by Crippen LogP contribution is -2.44. The van der Waals surface area contributed by atoms with Crippen LogP contribution in [0.15, 0.2) is 34.8 Å². The van der Waals surface area contributed by atoms with Crippen molar-refractivity contribution in [2.75, 3.05) is 6.54 Å². The van der Waals surface area contributed by atoms with Crippen molar-refractivity contribution in [2.24, 2.45) is 0 Å². The lowest BCUT2D eigenvalue weighted by atomic mass is 9.99. The highest BCUT2D eigenvalue weighted by Gasteiger charge is 2.33. The van der Waals surface area contributed by atoms with E-state index in [-0.39, 0.29) is 23.4 Å². The first-order valence-electron chi connectivity index (χ1n) is 7.45. The second kappa shape index (κ2) is 8.94. The number of rotatable bonds is 6. The van der Waals surface area contributed by atoms with Crippen LogP contribution >= 0.6 is 38.9 Å². The van der Waals surface area contributed by atoms with E-state index in [0.717, 1.165) is 17.4 Å². The first-order chi connectivity index (χ1) is 12.6. The highest BCUT2D eigenvalue weighted by atomic mass is 79.9. The molecule has 146 valence electrons. The zero-order valence-electron chi connectivity index (χ0n) is 13.4. The van der Waals surface area contributed by atoms with Crippen LogP contribution in [0, 0.1) is 0 Å². The lowest BCUT2D eigenvalue weighted by molar-refractivity contribution is -0.138. The Labute approximate surface area is 169 Å². The Balaban J connectivity index is 2.22. The van der Waals surface area contributed by atoms with E-state index in [4.69, 9.17) is 16.7 Å². The molecule has 0 radical (unpaired) electrons. The van der Waals surface area contributed by atoms with Gasteiger partial charge < -0.3 is 15.7 Å². The van der Waals surface area contributed by atoms with Crippen LogP contribution in [0.2, 0.25) is 4.34 Å². The van der Waals surface area contributed by atoms with Crippen LogP contribution < -0.4 is 10.6 Å². The van der Waals surface area contributed by atoms with Gasteiger partial charge in [0.25, 0.3) is 5.91 Å². The van der Waals surface area contributed by atoms with Crippen molar-refractivity contribution in [3.63, 3.8) is 0 Å². The number of halogens is 5. The number of hydrogen-bond donors (Lipinski definition) is 3. The summed E-state index contributed by atoms with van der Waals surface area (Å²) in [5.41, 5.74) is -0.880. The summed E-state index contributed by atoms with van der Waals surface area (Å²) in [6, 6.07) is 5.53. The predicted molar refractivity (Wildman–Crippen MR) is 99.5 cm³/mol. The van der Waals surface area contributed by atoms with Gasteiger partial charge >= 0.3 is 12.3 Å². The van der Waals surface area contributed by atoms with E-state index in [1.165, 1.54) is 24.3 Å². The van der Waals surface area contributed by atoms with E-state index >= 15 is 0 Å². The van der Waals surface area contributed by atoms with E-state index < -0.39 is 29.8 Å².